The first kappa shape index (κ1) is 11.7. The quantitative estimate of drug-likeness (QED) is 0.844. The van der Waals surface area contributed by atoms with Gasteiger partial charge in [0.25, 0.3) is 0 Å². The predicted molar refractivity (Wildman–Crippen MR) is 66.4 cm³/mol. The first-order chi connectivity index (χ1) is 7.79. The fourth-order valence-electron chi connectivity index (χ4n) is 2.97. The van der Waals surface area contributed by atoms with Crippen molar-refractivity contribution in [1.82, 2.24) is 5.32 Å². The van der Waals surface area contributed by atoms with Crippen LogP contribution >= 0.6 is 0 Å². The number of furan rings is 1. The van der Waals surface area contributed by atoms with Crippen LogP contribution in [0.2, 0.25) is 0 Å². The minimum absolute atomic E-state index is 0.705. The maximum atomic E-state index is 5.16. The van der Waals surface area contributed by atoms with Crippen LogP contribution in [0.1, 0.15) is 38.7 Å². The fourth-order valence-corrected chi connectivity index (χ4v) is 2.97. The van der Waals surface area contributed by atoms with Crippen molar-refractivity contribution in [1.29, 1.82) is 0 Å². The van der Waals surface area contributed by atoms with E-state index in [1.54, 1.807) is 6.26 Å². The van der Waals surface area contributed by atoms with Crippen LogP contribution in [0.25, 0.3) is 0 Å². The third-order valence-electron chi connectivity index (χ3n) is 3.79. The van der Waals surface area contributed by atoms with Crippen molar-refractivity contribution >= 4 is 0 Å². The van der Waals surface area contributed by atoms with E-state index in [1.165, 1.54) is 31.2 Å². The molecule has 1 heterocycles. The van der Waals surface area contributed by atoms with Gasteiger partial charge in [0.1, 0.15) is 0 Å². The van der Waals surface area contributed by atoms with E-state index < -0.39 is 0 Å². The molecule has 90 valence electrons. The Hall–Kier alpha value is -0.760. The highest BCUT2D eigenvalue weighted by atomic mass is 16.3. The first-order valence-electron chi connectivity index (χ1n) is 6.54. The fraction of sp³-hybridized carbons (Fsp3) is 0.714. The van der Waals surface area contributed by atoms with Gasteiger partial charge in [0.15, 0.2) is 0 Å². The van der Waals surface area contributed by atoms with E-state index in [4.69, 9.17) is 4.42 Å². The summed E-state index contributed by atoms with van der Waals surface area (Å²) in [4.78, 5) is 0. The minimum Gasteiger partial charge on any atom is -0.472 e. The third-order valence-corrected chi connectivity index (χ3v) is 3.79. The van der Waals surface area contributed by atoms with Gasteiger partial charge in [-0.2, -0.15) is 0 Å². The highest BCUT2D eigenvalue weighted by Crippen LogP contribution is 2.31. The van der Waals surface area contributed by atoms with Gasteiger partial charge in [0.2, 0.25) is 0 Å². The molecule has 1 aliphatic carbocycles. The maximum absolute atomic E-state index is 5.16. The van der Waals surface area contributed by atoms with Crippen molar-refractivity contribution in [2.45, 2.75) is 45.6 Å². The smallest absolute Gasteiger partial charge is 0.0934 e. The highest BCUT2D eigenvalue weighted by molar-refractivity contribution is 5.07. The summed E-state index contributed by atoms with van der Waals surface area (Å²) in [5.74, 6) is 1.66. The van der Waals surface area contributed by atoms with Crippen LogP contribution in [-0.4, -0.2) is 12.6 Å². The van der Waals surface area contributed by atoms with Gasteiger partial charge in [-0.25, -0.2) is 0 Å². The Morgan fingerprint density at radius 2 is 2.31 bits per heavy atom. The molecule has 3 unspecified atom stereocenters. The van der Waals surface area contributed by atoms with Crippen LogP contribution in [0.3, 0.4) is 0 Å². The third kappa shape index (κ3) is 2.88. The van der Waals surface area contributed by atoms with E-state index in [1.807, 2.05) is 6.26 Å². The van der Waals surface area contributed by atoms with Crippen molar-refractivity contribution in [3.05, 3.63) is 24.2 Å². The Bertz CT molecular complexity index is 294. The van der Waals surface area contributed by atoms with Gasteiger partial charge >= 0.3 is 0 Å². The number of nitrogens with one attached hydrogen (secondary N) is 1. The summed E-state index contributed by atoms with van der Waals surface area (Å²) in [5.41, 5.74) is 1.35. The molecule has 0 bridgehead atoms. The van der Waals surface area contributed by atoms with Crippen molar-refractivity contribution in [3.63, 3.8) is 0 Å². The van der Waals surface area contributed by atoms with Crippen molar-refractivity contribution in [3.8, 4) is 0 Å². The Labute approximate surface area is 98.4 Å². The van der Waals surface area contributed by atoms with Crippen molar-refractivity contribution < 1.29 is 4.42 Å². The van der Waals surface area contributed by atoms with Gasteiger partial charge in [-0.15, -0.1) is 0 Å². The maximum Gasteiger partial charge on any atom is 0.0934 e. The molecule has 2 heteroatoms. The Balaban J connectivity index is 1.96. The highest BCUT2D eigenvalue weighted by Gasteiger charge is 2.28. The summed E-state index contributed by atoms with van der Waals surface area (Å²) in [6.07, 6.45) is 8.89. The molecule has 3 atom stereocenters. The van der Waals surface area contributed by atoms with E-state index in [0.717, 1.165) is 18.4 Å². The van der Waals surface area contributed by atoms with E-state index in [0.29, 0.717) is 6.04 Å². The summed E-state index contributed by atoms with van der Waals surface area (Å²) >= 11 is 0. The van der Waals surface area contributed by atoms with Gasteiger partial charge in [0.05, 0.1) is 12.5 Å². The van der Waals surface area contributed by atoms with Crippen LogP contribution in [0.15, 0.2) is 23.0 Å². The van der Waals surface area contributed by atoms with Gasteiger partial charge in [-0.05, 0) is 55.7 Å². The van der Waals surface area contributed by atoms with Gasteiger partial charge in [-0.1, -0.05) is 13.8 Å². The van der Waals surface area contributed by atoms with E-state index in [2.05, 4.69) is 25.2 Å². The predicted octanol–water partition coefficient (Wildman–Crippen LogP) is 3.24. The first-order valence-corrected chi connectivity index (χ1v) is 6.54. The summed E-state index contributed by atoms with van der Waals surface area (Å²) in [7, 11) is 0. The molecule has 0 aliphatic heterocycles. The van der Waals surface area contributed by atoms with Crippen molar-refractivity contribution in [2.24, 2.45) is 11.8 Å². The molecule has 1 N–H and O–H groups in total. The normalized spacial score (nSPS) is 30.5. The zero-order valence-electron chi connectivity index (χ0n) is 10.4. The molecule has 0 aromatic carbocycles. The summed E-state index contributed by atoms with van der Waals surface area (Å²) < 4.78 is 5.16. The van der Waals surface area contributed by atoms with Crippen molar-refractivity contribution in [2.75, 3.05) is 6.54 Å². The van der Waals surface area contributed by atoms with Crippen LogP contribution in [0.4, 0.5) is 0 Å². The van der Waals surface area contributed by atoms with E-state index in [9.17, 15) is 0 Å². The molecule has 2 rings (SSSR count). The van der Waals surface area contributed by atoms with Gasteiger partial charge in [0, 0.05) is 6.04 Å². The molecule has 1 aliphatic rings. The molecule has 0 saturated heterocycles. The number of hydrogen-bond donors (Lipinski definition) is 1. The van der Waals surface area contributed by atoms with E-state index >= 15 is 0 Å². The lowest BCUT2D eigenvalue weighted by Crippen LogP contribution is -2.41. The molecule has 1 fully saturated rings. The number of hydrogen-bond acceptors (Lipinski definition) is 2. The second-order valence-electron chi connectivity index (χ2n) is 5.18. The average Bonchev–Trinajstić information content (AvgIpc) is 2.75. The zero-order valence-corrected chi connectivity index (χ0v) is 10.4. The molecule has 0 spiro atoms. The molecule has 1 aromatic heterocycles. The lowest BCUT2D eigenvalue weighted by Gasteiger charge is -2.35. The summed E-state index contributed by atoms with van der Waals surface area (Å²) in [6.45, 7) is 5.67. The van der Waals surface area contributed by atoms with Crippen LogP contribution in [0, 0.1) is 11.8 Å². The minimum atomic E-state index is 0.705. The monoisotopic (exact) mass is 221 g/mol. The van der Waals surface area contributed by atoms with Gasteiger partial charge in [-0.3, -0.25) is 0 Å². The summed E-state index contributed by atoms with van der Waals surface area (Å²) in [6, 6.07) is 2.80. The van der Waals surface area contributed by atoms with Crippen LogP contribution < -0.4 is 5.32 Å². The standard InChI is InChI=1S/C14H23NO/c1-3-15-14-5-4-11(2)8-13(14)9-12-6-7-16-10-12/h6-7,10-11,13-15H,3-5,8-9H2,1-2H3. The Kier molecular flexibility index (Phi) is 4.05. The largest absolute Gasteiger partial charge is 0.472 e. The SMILES string of the molecule is CCNC1CCC(C)CC1Cc1ccoc1. The molecule has 1 aromatic rings. The lowest BCUT2D eigenvalue weighted by molar-refractivity contribution is 0.214. The number of rotatable bonds is 4. The Morgan fingerprint density at radius 1 is 1.44 bits per heavy atom. The molecule has 1 saturated carbocycles. The molecule has 0 radical (unpaired) electrons. The van der Waals surface area contributed by atoms with Crippen LogP contribution in [0.5, 0.6) is 0 Å². The summed E-state index contributed by atoms with van der Waals surface area (Å²) in [5, 5.41) is 3.64. The second-order valence-corrected chi connectivity index (χ2v) is 5.18. The molecular weight excluding hydrogens is 198 g/mol. The molecule has 2 nitrogen and oxygen atoms in total. The van der Waals surface area contributed by atoms with Crippen LogP contribution in [-0.2, 0) is 6.42 Å². The topological polar surface area (TPSA) is 25.2 Å². The lowest BCUT2D eigenvalue weighted by atomic mass is 9.76. The molecule has 0 amide bonds. The van der Waals surface area contributed by atoms with Gasteiger partial charge < -0.3 is 9.73 Å². The Morgan fingerprint density at radius 3 is 3.00 bits per heavy atom. The second kappa shape index (κ2) is 5.53. The average molecular weight is 221 g/mol. The molecule has 16 heavy (non-hydrogen) atoms. The molecular formula is C14H23NO. The zero-order chi connectivity index (χ0) is 11.4. The van der Waals surface area contributed by atoms with E-state index in [-0.39, 0.29) is 0 Å².